The van der Waals surface area contributed by atoms with E-state index in [-0.39, 0.29) is 6.03 Å². The van der Waals surface area contributed by atoms with Gasteiger partial charge in [-0.25, -0.2) is 9.78 Å². The van der Waals surface area contributed by atoms with Crippen LogP contribution >= 0.6 is 0 Å². The summed E-state index contributed by atoms with van der Waals surface area (Å²) in [6.45, 7) is 3.12. The average molecular weight is 334 g/mol. The van der Waals surface area contributed by atoms with E-state index in [1.165, 1.54) is 19.3 Å². The Kier molecular flexibility index (Phi) is 6.12. The van der Waals surface area contributed by atoms with Gasteiger partial charge in [-0.1, -0.05) is 19.3 Å². The molecule has 134 valence electrons. The van der Waals surface area contributed by atoms with E-state index in [2.05, 4.69) is 14.9 Å². The van der Waals surface area contributed by atoms with Crippen molar-refractivity contribution in [2.45, 2.75) is 63.5 Å². The van der Waals surface area contributed by atoms with Crippen molar-refractivity contribution in [3.8, 4) is 0 Å². The normalized spacial score (nSPS) is 22.5. The number of hydrogen-bond donors (Lipinski definition) is 1. The maximum atomic E-state index is 12.6. The summed E-state index contributed by atoms with van der Waals surface area (Å²) in [4.78, 5) is 19.1. The molecule has 3 rings (SSSR count). The summed E-state index contributed by atoms with van der Waals surface area (Å²) in [7, 11) is 1.72. The van der Waals surface area contributed by atoms with Gasteiger partial charge in [-0.3, -0.25) is 0 Å². The van der Waals surface area contributed by atoms with E-state index >= 15 is 0 Å². The molecule has 1 N–H and O–H groups in total. The summed E-state index contributed by atoms with van der Waals surface area (Å²) in [6, 6.07) is 0.483. The number of hydrogen-bond acceptors (Lipinski definition) is 3. The number of methoxy groups -OCH3 is 1. The molecule has 2 heterocycles. The molecule has 1 aromatic rings. The molecular weight excluding hydrogens is 304 g/mol. The molecule has 24 heavy (non-hydrogen) atoms. The molecule has 2 fully saturated rings. The Labute approximate surface area is 144 Å². The van der Waals surface area contributed by atoms with E-state index < -0.39 is 0 Å². The van der Waals surface area contributed by atoms with E-state index in [9.17, 15) is 4.79 Å². The molecule has 6 heteroatoms. The molecular formula is C18H30N4O2. The highest BCUT2D eigenvalue weighted by molar-refractivity contribution is 5.74. The molecule has 1 atom stereocenters. The van der Waals surface area contributed by atoms with Crippen molar-refractivity contribution in [2.24, 2.45) is 0 Å². The first-order valence-corrected chi connectivity index (χ1v) is 9.33. The molecule has 0 aromatic carbocycles. The van der Waals surface area contributed by atoms with E-state index in [1.807, 2.05) is 17.3 Å². The Hall–Kier alpha value is -1.56. The van der Waals surface area contributed by atoms with Gasteiger partial charge >= 0.3 is 6.03 Å². The molecule has 2 amide bonds. The number of likely N-dealkylation sites (tertiary alicyclic amines) is 1. The van der Waals surface area contributed by atoms with Crippen molar-refractivity contribution >= 4 is 6.03 Å². The summed E-state index contributed by atoms with van der Waals surface area (Å²) in [5.41, 5.74) is 0. The number of ether oxygens (including phenoxy) is 1. The Morgan fingerprint density at radius 2 is 2.12 bits per heavy atom. The number of carbonyl (C=O) groups is 1. The molecule has 6 nitrogen and oxygen atoms in total. The predicted octanol–water partition coefficient (Wildman–Crippen LogP) is 2.75. The lowest BCUT2D eigenvalue weighted by Crippen LogP contribution is -2.48. The SMILES string of the molecule is COCCn1ccnc1[C@@H]1CCCN(C(=O)NC2CCCCC2)C1. The van der Waals surface area contributed by atoms with Crippen molar-refractivity contribution in [3.63, 3.8) is 0 Å². The molecule has 1 saturated carbocycles. The second-order valence-electron chi connectivity index (χ2n) is 7.04. The van der Waals surface area contributed by atoms with Gasteiger partial charge in [0.1, 0.15) is 5.82 Å². The van der Waals surface area contributed by atoms with Gasteiger partial charge in [0, 0.05) is 51.1 Å². The van der Waals surface area contributed by atoms with Gasteiger partial charge in [0.15, 0.2) is 0 Å². The Balaban J connectivity index is 1.57. The summed E-state index contributed by atoms with van der Waals surface area (Å²) < 4.78 is 7.34. The van der Waals surface area contributed by atoms with Crippen molar-refractivity contribution in [2.75, 3.05) is 26.8 Å². The summed E-state index contributed by atoms with van der Waals surface area (Å²) in [5.74, 6) is 1.41. The Morgan fingerprint density at radius 1 is 1.29 bits per heavy atom. The molecule has 0 radical (unpaired) electrons. The van der Waals surface area contributed by atoms with Crippen LogP contribution in [0.3, 0.4) is 0 Å². The largest absolute Gasteiger partial charge is 0.383 e. The number of rotatable bonds is 5. The zero-order chi connectivity index (χ0) is 16.8. The minimum atomic E-state index is 0.113. The summed E-state index contributed by atoms with van der Waals surface area (Å²) in [6.07, 6.45) is 12.0. The quantitative estimate of drug-likeness (QED) is 0.901. The highest BCUT2D eigenvalue weighted by Crippen LogP contribution is 2.26. The van der Waals surface area contributed by atoms with Crippen molar-refractivity contribution in [1.29, 1.82) is 0 Å². The van der Waals surface area contributed by atoms with Gasteiger partial charge < -0.3 is 19.5 Å². The molecule has 0 unspecified atom stereocenters. The second-order valence-corrected chi connectivity index (χ2v) is 7.04. The van der Waals surface area contributed by atoms with Gasteiger partial charge in [-0.2, -0.15) is 0 Å². The third-order valence-electron chi connectivity index (χ3n) is 5.29. The van der Waals surface area contributed by atoms with Gasteiger partial charge in [0.05, 0.1) is 6.61 Å². The van der Waals surface area contributed by atoms with Crippen molar-refractivity contribution in [3.05, 3.63) is 18.2 Å². The lowest BCUT2D eigenvalue weighted by Gasteiger charge is -2.34. The predicted molar refractivity (Wildman–Crippen MR) is 93.1 cm³/mol. The summed E-state index contributed by atoms with van der Waals surface area (Å²) in [5, 5.41) is 3.24. The van der Waals surface area contributed by atoms with Gasteiger partial charge in [-0.15, -0.1) is 0 Å². The minimum Gasteiger partial charge on any atom is -0.383 e. The van der Waals surface area contributed by atoms with Crippen LogP contribution in [-0.2, 0) is 11.3 Å². The second kappa shape index (κ2) is 8.51. The van der Waals surface area contributed by atoms with Crippen LogP contribution in [-0.4, -0.2) is 53.3 Å². The highest BCUT2D eigenvalue weighted by atomic mass is 16.5. The monoisotopic (exact) mass is 334 g/mol. The van der Waals surface area contributed by atoms with Gasteiger partial charge in [-0.05, 0) is 25.7 Å². The number of piperidine rings is 1. The average Bonchev–Trinajstić information content (AvgIpc) is 3.09. The Bertz CT molecular complexity index is 525. The topological polar surface area (TPSA) is 59.4 Å². The fraction of sp³-hybridized carbons (Fsp3) is 0.778. The van der Waals surface area contributed by atoms with E-state index in [1.54, 1.807) is 7.11 Å². The number of nitrogens with one attached hydrogen (secondary N) is 1. The standard InChI is InChI=1S/C18H30N4O2/c1-24-13-12-21-11-9-19-17(21)15-6-5-10-22(14-15)18(23)20-16-7-3-2-4-8-16/h9,11,15-16H,2-8,10,12-14H2,1H3,(H,20,23)/t15-/m1/s1. The lowest BCUT2D eigenvalue weighted by molar-refractivity contribution is 0.168. The van der Waals surface area contributed by atoms with Gasteiger partial charge in [0.25, 0.3) is 0 Å². The van der Waals surface area contributed by atoms with Crippen LogP contribution in [0.5, 0.6) is 0 Å². The molecule has 0 bridgehead atoms. The first kappa shape index (κ1) is 17.3. The van der Waals surface area contributed by atoms with Crippen molar-refractivity contribution in [1.82, 2.24) is 19.8 Å². The fourth-order valence-corrected chi connectivity index (χ4v) is 3.94. The van der Waals surface area contributed by atoms with E-state index in [0.717, 1.165) is 51.1 Å². The molecule has 1 aliphatic heterocycles. The number of amides is 2. The van der Waals surface area contributed by atoms with Crippen LogP contribution in [0.4, 0.5) is 4.79 Å². The van der Waals surface area contributed by atoms with E-state index in [4.69, 9.17) is 4.74 Å². The van der Waals surface area contributed by atoms with Crippen LogP contribution in [0.25, 0.3) is 0 Å². The third-order valence-corrected chi connectivity index (χ3v) is 5.29. The van der Waals surface area contributed by atoms with Crippen LogP contribution in [0.15, 0.2) is 12.4 Å². The van der Waals surface area contributed by atoms with Crippen LogP contribution in [0, 0.1) is 0 Å². The minimum absolute atomic E-state index is 0.113. The zero-order valence-corrected chi connectivity index (χ0v) is 14.7. The number of nitrogens with zero attached hydrogens (tertiary/aromatic N) is 3. The molecule has 1 aromatic heterocycles. The first-order chi connectivity index (χ1) is 11.8. The van der Waals surface area contributed by atoms with Crippen LogP contribution in [0.2, 0.25) is 0 Å². The van der Waals surface area contributed by atoms with Crippen LogP contribution in [0.1, 0.15) is 56.7 Å². The Morgan fingerprint density at radius 3 is 2.92 bits per heavy atom. The lowest BCUT2D eigenvalue weighted by atomic mass is 9.95. The highest BCUT2D eigenvalue weighted by Gasteiger charge is 2.28. The molecule has 2 aliphatic rings. The third kappa shape index (κ3) is 4.29. The molecule has 1 aliphatic carbocycles. The molecule has 0 spiro atoms. The summed E-state index contributed by atoms with van der Waals surface area (Å²) >= 11 is 0. The number of imidazole rings is 1. The van der Waals surface area contributed by atoms with Gasteiger partial charge in [0.2, 0.25) is 0 Å². The van der Waals surface area contributed by atoms with Crippen molar-refractivity contribution < 1.29 is 9.53 Å². The fourth-order valence-electron chi connectivity index (χ4n) is 3.94. The number of urea groups is 1. The maximum absolute atomic E-state index is 12.6. The number of aromatic nitrogens is 2. The number of carbonyl (C=O) groups excluding carboxylic acids is 1. The smallest absolute Gasteiger partial charge is 0.317 e. The van der Waals surface area contributed by atoms with Crippen LogP contribution < -0.4 is 5.32 Å². The maximum Gasteiger partial charge on any atom is 0.317 e. The zero-order valence-electron chi connectivity index (χ0n) is 14.7. The van der Waals surface area contributed by atoms with E-state index in [0.29, 0.717) is 18.6 Å². The first-order valence-electron chi connectivity index (χ1n) is 9.33. The molecule has 1 saturated heterocycles.